The number of nitrogens with one attached hydrogen (secondary N) is 2. The van der Waals surface area contributed by atoms with Gasteiger partial charge in [-0.1, -0.05) is 6.07 Å². The minimum absolute atomic E-state index is 0.293. The van der Waals surface area contributed by atoms with Crippen molar-refractivity contribution in [1.82, 2.24) is 9.71 Å². The second-order valence-corrected chi connectivity index (χ2v) is 8.56. The number of H-pyrrole nitrogens is 1. The van der Waals surface area contributed by atoms with Gasteiger partial charge in [0.05, 0.1) is 4.90 Å². The Kier molecular flexibility index (Phi) is 4.54. The van der Waals surface area contributed by atoms with E-state index in [0.29, 0.717) is 17.9 Å². The lowest BCUT2D eigenvalue weighted by Gasteiger charge is -2.16. The van der Waals surface area contributed by atoms with E-state index in [4.69, 9.17) is 0 Å². The second-order valence-electron chi connectivity index (χ2n) is 6.79. The molecule has 136 valence electrons. The predicted molar refractivity (Wildman–Crippen MR) is 100 cm³/mol. The quantitative estimate of drug-likeness (QED) is 0.717. The molecule has 4 rings (SSSR count). The van der Waals surface area contributed by atoms with Crippen LogP contribution in [0.4, 0.5) is 4.39 Å². The van der Waals surface area contributed by atoms with Gasteiger partial charge in [0.15, 0.2) is 0 Å². The van der Waals surface area contributed by atoms with Crippen molar-refractivity contribution >= 4 is 20.9 Å². The molecule has 1 heterocycles. The fourth-order valence-electron chi connectivity index (χ4n) is 3.65. The average molecular weight is 372 g/mol. The number of hydrogen-bond acceptors (Lipinski definition) is 2. The summed E-state index contributed by atoms with van der Waals surface area (Å²) in [5.74, 6) is -0.293. The molecule has 2 aromatic carbocycles. The number of aromatic nitrogens is 1. The molecule has 0 amide bonds. The lowest BCUT2D eigenvalue weighted by molar-refractivity contribution is 0.581. The molecule has 0 aliphatic heterocycles. The summed E-state index contributed by atoms with van der Waals surface area (Å²) in [6.07, 6.45) is 6.61. The fourth-order valence-corrected chi connectivity index (χ4v) is 4.73. The zero-order valence-electron chi connectivity index (χ0n) is 14.4. The third-order valence-electron chi connectivity index (χ3n) is 5.05. The highest BCUT2D eigenvalue weighted by molar-refractivity contribution is 7.89. The van der Waals surface area contributed by atoms with E-state index in [0.717, 1.165) is 41.3 Å². The number of halogens is 1. The highest BCUT2D eigenvalue weighted by Gasteiger charge is 2.17. The number of rotatable bonds is 5. The molecule has 2 N–H and O–H groups in total. The van der Waals surface area contributed by atoms with Gasteiger partial charge in [-0.2, -0.15) is 0 Å². The van der Waals surface area contributed by atoms with Gasteiger partial charge < -0.3 is 4.98 Å². The van der Waals surface area contributed by atoms with Crippen LogP contribution in [0.2, 0.25) is 0 Å². The van der Waals surface area contributed by atoms with E-state index in [-0.39, 0.29) is 5.82 Å². The Morgan fingerprint density at radius 1 is 1.04 bits per heavy atom. The Balaban J connectivity index is 1.46. The summed E-state index contributed by atoms with van der Waals surface area (Å²) in [7, 11) is -3.53. The van der Waals surface area contributed by atoms with E-state index >= 15 is 0 Å². The van der Waals surface area contributed by atoms with Crippen molar-refractivity contribution in [2.75, 3.05) is 6.54 Å². The second kappa shape index (κ2) is 6.85. The van der Waals surface area contributed by atoms with Crippen LogP contribution < -0.4 is 4.72 Å². The standard InChI is InChI=1S/C20H21FN2O2S/c21-17-6-8-19-16(13-22-20(19)12-17)9-10-23-26(24,25)18-7-5-14-3-1-2-4-15(14)11-18/h5-8,11-13,22-23H,1-4,9-10H2. The van der Waals surface area contributed by atoms with Crippen LogP contribution >= 0.6 is 0 Å². The molecule has 1 aliphatic carbocycles. The normalized spacial score (nSPS) is 14.5. The first-order valence-corrected chi connectivity index (χ1v) is 10.4. The van der Waals surface area contributed by atoms with Gasteiger partial charge >= 0.3 is 0 Å². The summed E-state index contributed by atoms with van der Waals surface area (Å²) >= 11 is 0. The van der Waals surface area contributed by atoms with Crippen LogP contribution in [0.1, 0.15) is 29.5 Å². The molecule has 1 aliphatic rings. The van der Waals surface area contributed by atoms with Crippen molar-refractivity contribution in [1.29, 1.82) is 0 Å². The largest absolute Gasteiger partial charge is 0.361 e. The minimum atomic E-state index is -3.53. The highest BCUT2D eigenvalue weighted by atomic mass is 32.2. The first kappa shape index (κ1) is 17.2. The lowest BCUT2D eigenvalue weighted by atomic mass is 9.92. The summed E-state index contributed by atoms with van der Waals surface area (Å²) in [5.41, 5.74) is 4.10. The van der Waals surface area contributed by atoms with Crippen molar-refractivity contribution in [3.63, 3.8) is 0 Å². The summed E-state index contributed by atoms with van der Waals surface area (Å²) in [6.45, 7) is 0.295. The molecule has 6 heteroatoms. The molecule has 4 nitrogen and oxygen atoms in total. The minimum Gasteiger partial charge on any atom is -0.361 e. The smallest absolute Gasteiger partial charge is 0.240 e. The average Bonchev–Trinajstić information content (AvgIpc) is 3.03. The summed E-state index contributed by atoms with van der Waals surface area (Å²) in [5, 5.41) is 0.916. The third kappa shape index (κ3) is 3.39. The lowest BCUT2D eigenvalue weighted by Crippen LogP contribution is -2.26. The zero-order valence-corrected chi connectivity index (χ0v) is 15.2. The molecule has 1 aromatic heterocycles. The molecule has 0 saturated carbocycles. The number of aryl methyl sites for hydroxylation is 2. The molecule has 0 unspecified atom stereocenters. The molecular weight excluding hydrogens is 351 g/mol. The Labute approximate surface area is 152 Å². The van der Waals surface area contributed by atoms with Crippen molar-refractivity contribution < 1.29 is 12.8 Å². The Hall–Kier alpha value is -2.18. The summed E-state index contributed by atoms with van der Waals surface area (Å²) in [4.78, 5) is 3.36. The van der Waals surface area contributed by atoms with Gasteiger partial charge in [0.1, 0.15) is 5.82 Å². The first-order chi connectivity index (χ1) is 12.5. The van der Waals surface area contributed by atoms with Crippen LogP contribution in [-0.4, -0.2) is 19.9 Å². The van der Waals surface area contributed by atoms with Crippen LogP contribution in [0.5, 0.6) is 0 Å². The molecule has 0 radical (unpaired) electrons. The van der Waals surface area contributed by atoms with Gasteiger partial charge in [0.2, 0.25) is 10.0 Å². The highest BCUT2D eigenvalue weighted by Crippen LogP contribution is 2.24. The van der Waals surface area contributed by atoms with Crippen LogP contribution in [0.15, 0.2) is 47.5 Å². The van der Waals surface area contributed by atoms with E-state index < -0.39 is 10.0 Å². The first-order valence-electron chi connectivity index (χ1n) is 8.90. The van der Waals surface area contributed by atoms with E-state index in [1.165, 1.54) is 24.1 Å². The van der Waals surface area contributed by atoms with Crippen molar-refractivity contribution in [2.45, 2.75) is 37.0 Å². The zero-order chi connectivity index (χ0) is 18.1. The SMILES string of the molecule is O=S(=O)(NCCc1c[nH]c2cc(F)ccc12)c1ccc2c(c1)CCCC2. The molecule has 0 spiro atoms. The molecule has 0 fully saturated rings. The van der Waals surface area contributed by atoms with Crippen molar-refractivity contribution in [3.8, 4) is 0 Å². The molecule has 0 saturated heterocycles. The van der Waals surface area contributed by atoms with Gasteiger partial charge in [0.25, 0.3) is 0 Å². The van der Waals surface area contributed by atoms with Crippen LogP contribution in [0, 0.1) is 5.82 Å². The van der Waals surface area contributed by atoms with E-state index in [9.17, 15) is 12.8 Å². The van der Waals surface area contributed by atoms with E-state index in [1.807, 2.05) is 12.1 Å². The number of benzene rings is 2. The Morgan fingerprint density at radius 2 is 1.85 bits per heavy atom. The van der Waals surface area contributed by atoms with Gasteiger partial charge in [-0.15, -0.1) is 0 Å². The van der Waals surface area contributed by atoms with Crippen LogP contribution in [-0.2, 0) is 29.3 Å². The van der Waals surface area contributed by atoms with Gasteiger partial charge in [-0.05, 0) is 79.1 Å². The van der Waals surface area contributed by atoms with Crippen molar-refractivity contribution in [2.24, 2.45) is 0 Å². The predicted octanol–water partition coefficient (Wildman–Crippen LogP) is 3.71. The maximum Gasteiger partial charge on any atom is 0.240 e. The molecular formula is C20H21FN2O2S. The van der Waals surface area contributed by atoms with E-state index in [2.05, 4.69) is 9.71 Å². The van der Waals surface area contributed by atoms with Gasteiger partial charge in [0, 0.05) is 23.6 Å². The Morgan fingerprint density at radius 3 is 2.69 bits per heavy atom. The van der Waals surface area contributed by atoms with Gasteiger partial charge in [-0.3, -0.25) is 0 Å². The monoisotopic (exact) mass is 372 g/mol. The summed E-state index contributed by atoms with van der Waals surface area (Å²) in [6, 6.07) is 10.0. The topological polar surface area (TPSA) is 62.0 Å². The van der Waals surface area contributed by atoms with Crippen LogP contribution in [0.25, 0.3) is 10.9 Å². The number of aromatic amines is 1. The number of sulfonamides is 1. The molecule has 0 bridgehead atoms. The summed E-state index contributed by atoms with van der Waals surface area (Å²) < 4.78 is 41.1. The molecule has 3 aromatic rings. The maximum absolute atomic E-state index is 13.3. The number of fused-ring (bicyclic) bond motifs is 2. The fraction of sp³-hybridized carbons (Fsp3) is 0.300. The third-order valence-corrected chi connectivity index (χ3v) is 6.50. The molecule has 26 heavy (non-hydrogen) atoms. The van der Waals surface area contributed by atoms with Gasteiger partial charge in [-0.25, -0.2) is 17.5 Å². The maximum atomic E-state index is 13.3. The Bertz CT molecular complexity index is 1060. The number of hydrogen-bond donors (Lipinski definition) is 2. The van der Waals surface area contributed by atoms with E-state index in [1.54, 1.807) is 18.3 Å². The van der Waals surface area contributed by atoms with Crippen LogP contribution in [0.3, 0.4) is 0 Å². The van der Waals surface area contributed by atoms with Crippen molar-refractivity contribution in [3.05, 3.63) is 65.1 Å². The molecule has 0 atom stereocenters.